The van der Waals surface area contributed by atoms with Crippen LogP contribution in [0.5, 0.6) is 0 Å². The molecule has 0 amide bonds. The van der Waals surface area contributed by atoms with Gasteiger partial charge in [-0.2, -0.15) is 0 Å². The van der Waals surface area contributed by atoms with Gasteiger partial charge >= 0.3 is 0 Å². The van der Waals surface area contributed by atoms with E-state index in [4.69, 9.17) is 5.73 Å². The van der Waals surface area contributed by atoms with Gasteiger partial charge in [-0.15, -0.1) is 0 Å². The summed E-state index contributed by atoms with van der Waals surface area (Å²) >= 11 is 0. The van der Waals surface area contributed by atoms with Crippen molar-refractivity contribution in [1.82, 2.24) is 0 Å². The van der Waals surface area contributed by atoms with Crippen LogP contribution in [0, 0.1) is 6.92 Å². The molecule has 2 nitrogen and oxygen atoms in total. The summed E-state index contributed by atoms with van der Waals surface area (Å²) in [7, 11) is 0. The fraction of sp³-hybridized carbons (Fsp3) is 0.250. The van der Waals surface area contributed by atoms with Crippen LogP contribution in [0.2, 0.25) is 0 Å². The molecule has 0 aliphatic rings. The SMILES string of the molecule is CCc1ccccc1CNc1cc(N)ccc1C. The lowest BCUT2D eigenvalue weighted by molar-refractivity contribution is 1.04. The summed E-state index contributed by atoms with van der Waals surface area (Å²) in [5.74, 6) is 0. The van der Waals surface area contributed by atoms with Gasteiger partial charge in [-0.1, -0.05) is 37.3 Å². The number of rotatable bonds is 4. The number of hydrogen-bond acceptors (Lipinski definition) is 2. The van der Waals surface area contributed by atoms with Crippen LogP contribution >= 0.6 is 0 Å². The van der Waals surface area contributed by atoms with E-state index in [1.165, 1.54) is 16.7 Å². The standard InChI is InChI=1S/C16H20N2/c1-3-13-6-4-5-7-14(13)11-18-16-10-15(17)9-8-12(16)2/h4-10,18H,3,11,17H2,1-2H3. The molecule has 2 heteroatoms. The van der Waals surface area contributed by atoms with Gasteiger partial charge in [-0.05, 0) is 42.2 Å². The van der Waals surface area contributed by atoms with E-state index in [1.54, 1.807) is 0 Å². The maximum absolute atomic E-state index is 5.81. The molecule has 0 bridgehead atoms. The minimum absolute atomic E-state index is 0.798. The van der Waals surface area contributed by atoms with Crippen molar-refractivity contribution in [2.45, 2.75) is 26.8 Å². The van der Waals surface area contributed by atoms with Crippen LogP contribution in [-0.2, 0) is 13.0 Å². The summed E-state index contributed by atoms with van der Waals surface area (Å²) in [5.41, 5.74) is 11.7. The molecule has 18 heavy (non-hydrogen) atoms. The van der Waals surface area contributed by atoms with Gasteiger partial charge in [-0.25, -0.2) is 0 Å². The normalized spacial score (nSPS) is 10.3. The van der Waals surface area contributed by atoms with Crippen LogP contribution in [0.4, 0.5) is 11.4 Å². The first-order valence-corrected chi connectivity index (χ1v) is 6.37. The van der Waals surface area contributed by atoms with Gasteiger partial charge in [0.05, 0.1) is 0 Å². The number of aryl methyl sites for hydroxylation is 2. The predicted molar refractivity (Wildman–Crippen MR) is 78.7 cm³/mol. The number of anilines is 2. The topological polar surface area (TPSA) is 38.0 Å². The smallest absolute Gasteiger partial charge is 0.0403 e. The Morgan fingerprint density at radius 3 is 2.50 bits per heavy atom. The number of nitrogen functional groups attached to an aromatic ring is 1. The quantitative estimate of drug-likeness (QED) is 0.799. The summed E-state index contributed by atoms with van der Waals surface area (Å²) in [6, 6.07) is 14.5. The molecule has 0 spiro atoms. The van der Waals surface area contributed by atoms with Crippen molar-refractivity contribution < 1.29 is 0 Å². The van der Waals surface area contributed by atoms with E-state index in [9.17, 15) is 0 Å². The molecule has 0 aliphatic heterocycles. The number of benzene rings is 2. The monoisotopic (exact) mass is 240 g/mol. The van der Waals surface area contributed by atoms with E-state index < -0.39 is 0 Å². The third-order valence-corrected chi connectivity index (χ3v) is 3.23. The lowest BCUT2D eigenvalue weighted by Crippen LogP contribution is -2.04. The third-order valence-electron chi connectivity index (χ3n) is 3.23. The number of nitrogens with two attached hydrogens (primary N) is 1. The first kappa shape index (κ1) is 12.5. The molecule has 0 atom stereocenters. The summed E-state index contributed by atoms with van der Waals surface area (Å²) in [5, 5.41) is 3.46. The van der Waals surface area contributed by atoms with Crippen molar-refractivity contribution in [3.63, 3.8) is 0 Å². The highest BCUT2D eigenvalue weighted by molar-refractivity contribution is 5.59. The number of nitrogens with one attached hydrogen (secondary N) is 1. The Hall–Kier alpha value is -1.96. The molecule has 0 saturated carbocycles. The molecule has 2 aromatic rings. The maximum atomic E-state index is 5.81. The van der Waals surface area contributed by atoms with Gasteiger partial charge < -0.3 is 11.1 Å². The summed E-state index contributed by atoms with van der Waals surface area (Å²) in [6.45, 7) is 5.12. The van der Waals surface area contributed by atoms with Crippen molar-refractivity contribution >= 4 is 11.4 Å². The molecule has 3 N–H and O–H groups in total. The molecular weight excluding hydrogens is 220 g/mol. The van der Waals surface area contributed by atoms with E-state index >= 15 is 0 Å². The van der Waals surface area contributed by atoms with E-state index in [1.807, 2.05) is 18.2 Å². The average molecular weight is 240 g/mol. The molecule has 94 valence electrons. The molecule has 2 aromatic carbocycles. The van der Waals surface area contributed by atoms with E-state index in [0.717, 1.165) is 24.3 Å². The van der Waals surface area contributed by atoms with E-state index in [-0.39, 0.29) is 0 Å². The second-order valence-corrected chi connectivity index (χ2v) is 4.55. The van der Waals surface area contributed by atoms with Crippen molar-refractivity contribution in [2.75, 3.05) is 11.1 Å². The Morgan fingerprint density at radius 1 is 1.06 bits per heavy atom. The zero-order chi connectivity index (χ0) is 13.0. The van der Waals surface area contributed by atoms with Gasteiger partial charge in [0.15, 0.2) is 0 Å². The van der Waals surface area contributed by atoms with Crippen LogP contribution in [0.25, 0.3) is 0 Å². The van der Waals surface area contributed by atoms with Gasteiger partial charge in [0.2, 0.25) is 0 Å². The lowest BCUT2D eigenvalue weighted by atomic mass is 10.1. The average Bonchev–Trinajstić information content (AvgIpc) is 2.40. The fourth-order valence-corrected chi connectivity index (χ4v) is 2.10. The van der Waals surface area contributed by atoms with Crippen molar-refractivity contribution in [1.29, 1.82) is 0 Å². The lowest BCUT2D eigenvalue weighted by Gasteiger charge is -2.12. The summed E-state index contributed by atoms with van der Waals surface area (Å²) in [4.78, 5) is 0. The zero-order valence-corrected chi connectivity index (χ0v) is 11.0. The predicted octanol–water partition coefficient (Wildman–Crippen LogP) is 3.75. The van der Waals surface area contributed by atoms with Crippen LogP contribution in [-0.4, -0.2) is 0 Å². The molecule has 0 aromatic heterocycles. The van der Waals surface area contributed by atoms with E-state index in [2.05, 4.69) is 43.4 Å². The molecule has 0 fully saturated rings. The Balaban J connectivity index is 2.14. The second kappa shape index (κ2) is 5.58. The summed E-state index contributed by atoms with van der Waals surface area (Å²) < 4.78 is 0. The fourth-order valence-electron chi connectivity index (χ4n) is 2.10. The first-order chi connectivity index (χ1) is 8.70. The Kier molecular flexibility index (Phi) is 3.88. The van der Waals surface area contributed by atoms with Crippen LogP contribution in [0.15, 0.2) is 42.5 Å². The van der Waals surface area contributed by atoms with Gasteiger partial charge in [0, 0.05) is 17.9 Å². The zero-order valence-electron chi connectivity index (χ0n) is 11.0. The summed E-state index contributed by atoms with van der Waals surface area (Å²) in [6.07, 6.45) is 1.06. The second-order valence-electron chi connectivity index (χ2n) is 4.55. The highest BCUT2D eigenvalue weighted by Crippen LogP contribution is 2.19. The van der Waals surface area contributed by atoms with Crippen molar-refractivity contribution in [3.8, 4) is 0 Å². The Morgan fingerprint density at radius 2 is 1.78 bits per heavy atom. The first-order valence-electron chi connectivity index (χ1n) is 6.37. The minimum atomic E-state index is 0.798. The highest BCUT2D eigenvalue weighted by atomic mass is 14.9. The van der Waals surface area contributed by atoms with Crippen LogP contribution in [0.3, 0.4) is 0 Å². The Bertz CT molecular complexity index is 532. The molecule has 2 rings (SSSR count). The maximum Gasteiger partial charge on any atom is 0.0403 e. The van der Waals surface area contributed by atoms with Gasteiger partial charge in [-0.3, -0.25) is 0 Å². The van der Waals surface area contributed by atoms with Crippen molar-refractivity contribution in [2.24, 2.45) is 0 Å². The molecule has 0 saturated heterocycles. The molecule has 0 heterocycles. The van der Waals surface area contributed by atoms with Crippen LogP contribution < -0.4 is 11.1 Å². The number of hydrogen-bond donors (Lipinski definition) is 2. The molecule has 0 unspecified atom stereocenters. The van der Waals surface area contributed by atoms with Gasteiger partial charge in [0.1, 0.15) is 0 Å². The minimum Gasteiger partial charge on any atom is -0.399 e. The van der Waals surface area contributed by atoms with Crippen molar-refractivity contribution in [3.05, 3.63) is 59.2 Å². The van der Waals surface area contributed by atoms with E-state index in [0.29, 0.717) is 0 Å². The molecule has 0 radical (unpaired) electrons. The largest absolute Gasteiger partial charge is 0.399 e. The molecular formula is C16H20N2. The Labute approximate surface area is 109 Å². The van der Waals surface area contributed by atoms with Gasteiger partial charge in [0.25, 0.3) is 0 Å². The van der Waals surface area contributed by atoms with Crippen LogP contribution in [0.1, 0.15) is 23.6 Å². The molecule has 0 aliphatic carbocycles. The highest BCUT2D eigenvalue weighted by Gasteiger charge is 2.02. The third kappa shape index (κ3) is 2.83.